The number of ether oxygens (including phenoxy) is 1. The van der Waals surface area contributed by atoms with Gasteiger partial charge in [0.15, 0.2) is 10.9 Å². The molecule has 3 aromatic rings. The molecule has 1 aliphatic rings. The number of carbonyl (C=O) groups excluding carboxylic acids is 1. The molecule has 0 saturated carbocycles. The molecule has 2 aromatic heterocycles. The van der Waals surface area contributed by atoms with Gasteiger partial charge in [-0.1, -0.05) is 48.0 Å². The summed E-state index contributed by atoms with van der Waals surface area (Å²) in [4.78, 5) is 22.8. The summed E-state index contributed by atoms with van der Waals surface area (Å²) in [5.41, 5.74) is 1.48. The van der Waals surface area contributed by atoms with Crippen molar-refractivity contribution >= 4 is 23.4 Å². The van der Waals surface area contributed by atoms with Crippen molar-refractivity contribution < 1.29 is 9.53 Å². The minimum absolute atomic E-state index is 0.0556. The van der Waals surface area contributed by atoms with E-state index in [4.69, 9.17) is 16.3 Å². The molecule has 1 aliphatic heterocycles. The molecule has 6 heteroatoms. The van der Waals surface area contributed by atoms with E-state index in [9.17, 15) is 4.79 Å². The lowest BCUT2D eigenvalue weighted by Gasteiger charge is -2.29. The van der Waals surface area contributed by atoms with Crippen molar-refractivity contribution in [3.8, 4) is 5.75 Å². The summed E-state index contributed by atoms with van der Waals surface area (Å²) in [7, 11) is 0. The molecule has 5 nitrogen and oxygen atoms in total. The van der Waals surface area contributed by atoms with E-state index in [2.05, 4.69) is 16.0 Å². The molecule has 0 amide bonds. The molecule has 0 radical (unpaired) electrons. The molecule has 28 heavy (non-hydrogen) atoms. The van der Waals surface area contributed by atoms with Crippen molar-refractivity contribution in [2.45, 2.75) is 6.04 Å². The first-order chi connectivity index (χ1) is 13.7. The van der Waals surface area contributed by atoms with Crippen LogP contribution in [0.5, 0.6) is 5.75 Å². The summed E-state index contributed by atoms with van der Waals surface area (Å²) in [6.07, 6.45) is 11.4. The SMILES string of the molecule is O=C(Oc1ccc(N2C=CC=CC2c2cccnc2)nc1Cl)c1ccccc1. The van der Waals surface area contributed by atoms with Crippen LogP contribution in [0.15, 0.2) is 91.4 Å². The fourth-order valence-corrected chi connectivity index (χ4v) is 3.09. The quantitative estimate of drug-likeness (QED) is 0.465. The molecule has 0 fully saturated rings. The minimum Gasteiger partial charge on any atom is -0.420 e. The van der Waals surface area contributed by atoms with Gasteiger partial charge in [-0.25, -0.2) is 9.78 Å². The zero-order valence-electron chi connectivity index (χ0n) is 14.8. The van der Waals surface area contributed by atoms with Crippen LogP contribution in [0.4, 0.5) is 5.82 Å². The zero-order valence-corrected chi connectivity index (χ0v) is 15.5. The summed E-state index contributed by atoms with van der Waals surface area (Å²) in [6.45, 7) is 0. The third-order valence-electron chi connectivity index (χ3n) is 4.25. The smallest absolute Gasteiger partial charge is 0.343 e. The van der Waals surface area contributed by atoms with E-state index in [1.807, 2.05) is 47.6 Å². The molecule has 1 atom stereocenters. The molecule has 0 aliphatic carbocycles. The molecule has 0 bridgehead atoms. The van der Waals surface area contributed by atoms with Gasteiger partial charge < -0.3 is 9.64 Å². The third kappa shape index (κ3) is 3.80. The summed E-state index contributed by atoms with van der Waals surface area (Å²) in [6, 6.07) is 16.0. The Labute approximate surface area is 167 Å². The van der Waals surface area contributed by atoms with E-state index >= 15 is 0 Å². The van der Waals surface area contributed by atoms with Gasteiger partial charge in [0, 0.05) is 18.6 Å². The topological polar surface area (TPSA) is 55.3 Å². The molecule has 1 aromatic carbocycles. The van der Waals surface area contributed by atoms with E-state index < -0.39 is 5.97 Å². The Balaban J connectivity index is 1.58. The molecular weight excluding hydrogens is 374 g/mol. The number of nitrogens with zero attached hydrogens (tertiary/aromatic N) is 3. The maximum absolute atomic E-state index is 12.2. The van der Waals surface area contributed by atoms with Gasteiger partial charge in [-0.05, 0) is 42.0 Å². The second-order valence-corrected chi connectivity index (χ2v) is 6.44. The van der Waals surface area contributed by atoms with Crippen LogP contribution in [-0.2, 0) is 0 Å². The van der Waals surface area contributed by atoms with Gasteiger partial charge in [-0.3, -0.25) is 4.98 Å². The molecule has 138 valence electrons. The molecule has 3 heterocycles. The highest BCUT2D eigenvalue weighted by atomic mass is 35.5. The van der Waals surface area contributed by atoms with Crippen LogP contribution in [0.3, 0.4) is 0 Å². The van der Waals surface area contributed by atoms with E-state index in [1.54, 1.807) is 42.6 Å². The van der Waals surface area contributed by atoms with Gasteiger partial charge in [-0.15, -0.1) is 0 Å². The Bertz CT molecular complexity index is 1040. The van der Waals surface area contributed by atoms with E-state index in [-0.39, 0.29) is 16.9 Å². The van der Waals surface area contributed by atoms with Crippen molar-refractivity contribution in [3.05, 3.63) is 108 Å². The van der Waals surface area contributed by atoms with E-state index in [0.717, 1.165) is 5.56 Å². The normalized spacial score (nSPS) is 15.5. The largest absolute Gasteiger partial charge is 0.420 e. The second kappa shape index (κ2) is 8.06. The van der Waals surface area contributed by atoms with Crippen molar-refractivity contribution in [2.24, 2.45) is 0 Å². The molecule has 4 rings (SSSR count). The number of hydrogen-bond acceptors (Lipinski definition) is 5. The zero-order chi connectivity index (χ0) is 19.3. The predicted octanol–water partition coefficient (Wildman–Crippen LogP) is 4.98. The summed E-state index contributed by atoms with van der Waals surface area (Å²) < 4.78 is 5.39. The van der Waals surface area contributed by atoms with Gasteiger partial charge in [0.2, 0.25) is 0 Å². The number of aromatic nitrogens is 2. The van der Waals surface area contributed by atoms with Crippen LogP contribution in [0, 0.1) is 0 Å². The van der Waals surface area contributed by atoms with Crippen LogP contribution in [-0.4, -0.2) is 15.9 Å². The number of carbonyl (C=O) groups is 1. The average molecular weight is 390 g/mol. The van der Waals surface area contributed by atoms with Crippen molar-refractivity contribution in [1.29, 1.82) is 0 Å². The summed E-state index contributed by atoms with van der Waals surface area (Å²) in [5, 5.41) is 0.120. The number of benzene rings is 1. The Kier molecular flexibility index (Phi) is 5.17. The van der Waals surface area contributed by atoms with Gasteiger partial charge in [0.1, 0.15) is 5.82 Å². The number of allylic oxidation sites excluding steroid dienone is 2. The predicted molar refractivity (Wildman–Crippen MR) is 108 cm³/mol. The average Bonchev–Trinajstić information content (AvgIpc) is 2.76. The standard InChI is InChI=1S/C22H16ClN3O2/c23-21-19(28-22(27)16-7-2-1-3-8-16)11-12-20(25-21)26-14-5-4-10-18(26)17-9-6-13-24-15-17/h1-15,18H. The van der Waals surface area contributed by atoms with Crippen LogP contribution in [0.2, 0.25) is 5.15 Å². The fraction of sp³-hybridized carbons (Fsp3) is 0.0455. The number of halogens is 1. The van der Waals surface area contributed by atoms with Crippen molar-refractivity contribution in [3.63, 3.8) is 0 Å². The Morgan fingerprint density at radius 2 is 1.89 bits per heavy atom. The number of hydrogen-bond donors (Lipinski definition) is 0. The number of pyridine rings is 2. The highest BCUT2D eigenvalue weighted by Gasteiger charge is 2.21. The number of anilines is 1. The molecule has 1 unspecified atom stereocenters. The van der Waals surface area contributed by atoms with E-state index in [1.165, 1.54) is 0 Å². The van der Waals surface area contributed by atoms with Crippen LogP contribution >= 0.6 is 11.6 Å². The number of rotatable bonds is 4. The van der Waals surface area contributed by atoms with Crippen LogP contribution in [0.1, 0.15) is 22.0 Å². The first-order valence-corrected chi connectivity index (χ1v) is 9.07. The lowest BCUT2D eigenvalue weighted by molar-refractivity contribution is 0.0734. The molecule has 0 N–H and O–H groups in total. The second-order valence-electron chi connectivity index (χ2n) is 6.08. The Hall–Kier alpha value is -3.44. The molecule has 0 saturated heterocycles. The Morgan fingerprint density at radius 3 is 2.64 bits per heavy atom. The highest BCUT2D eigenvalue weighted by molar-refractivity contribution is 6.31. The van der Waals surface area contributed by atoms with Gasteiger partial charge in [0.05, 0.1) is 11.6 Å². The van der Waals surface area contributed by atoms with Gasteiger partial charge in [-0.2, -0.15) is 0 Å². The number of esters is 1. The lowest BCUT2D eigenvalue weighted by atomic mass is 10.1. The summed E-state index contributed by atoms with van der Waals surface area (Å²) in [5.74, 6) is 0.374. The first kappa shape index (κ1) is 17.9. The molecule has 0 spiro atoms. The van der Waals surface area contributed by atoms with Crippen LogP contribution < -0.4 is 9.64 Å². The van der Waals surface area contributed by atoms with Gasteiger partial charge in [0.25, 0.3) is 0 Å². The lowest BCUT2D eigenvalue weighted by Crippen LogP contribution is -2.24. The monoisotopic (exact) mass is 389 g/mol. The summed E-state index contributed by atoms with van der Waals surface area (Å²) >= 11 is 6.30. The van der Waals surface area contributed by atoms with Crippen LogP contribution in [0.25, 0.3) is 0 Å². The third-order valence-corrected chi connectivity index (χ3v) is 4.52. The highest BCUT2D eigenvalue weighted by Crippen LogP contribution is 2.33. The minimum atomic E-state index is -0.480. The maximum atomic E-state index is 12.2. The molecular formula is C22H16ClN3O2. The van der Waals surface area contributed by atoms with Crippen molar-refractivity contribution in [2.75, 3.05) is 4.90 Å². The first-order valence-electron chi connectivity index (χ1n) is 8.69. The van der Waals surface area contributed by atoms with Gasteiger partial charge >= 0.3 is 5.97 Å². The van der Waals surface area contributed by atoms with E-state index in [0.29, 0.717) is 11.4 Å². The Morgan fingerprint density at radius 1 is 1.04 bits per heavy atom. The fourth-order valence-electron chi connectivity index (χ4n) is 2.90. The maximum Gasteiger partial charge on any atom is 0.343 e. The van der Waals surface area contributed by atoms with Crippen molar-refractivity contribution in [1.82, 2.24) is 9.97 Å².